The largest absolute Gasteiger partial charge is 0.357 e. The van der Waals surface area contributed by atoms with Gasteiger partial charge in [-0.15, -0.1) is 24.0 Å². The molecule has 18 heavy (non-hydrogen) atoms. The van der Waals surface area contributed by atoms with E-state index >= 15 is 0 Å². The van der Waals surface area contributed by atoms with Gasteiger partial charge in [0.15, 0.2) is 5.96 Å². The van der Waals surface area contributed by atoms with Gasteiger partial charge in [-0.2, -0.15) is 0 Å². The molecule has 0 aromatic heterocycles. The van der Waals surface area contributed by atoms with Crippen molar-refractivity contribution < 1.29 is 0 Å². The maximum atomic E-state index is 4.17. The summed E-state index contributed by atoms with van der Waals surface area (Å²) in [6.07, 6.45) is 2.20. The van der Waals surface area contributed by atoms with Gasteiger partial charge in [-0.1, -0.05) is 30.3 Å². The highest BCUT2D eigenvalue weighted by Crippen LogP contribution is 2.04. The zero-order chi connectivity index (χ0) is 12.5. The molecule has 2 N–H and O–H groups in total. The minimum absolute atomic E-state index is 0. The highest BCUT2D eigenvalue weighted by atomic mass is 127. The lowest BCUT2D eigenvalue weighted by molar-refractivity contribution is 0.595. The summed E-state index contributed by atoms with van der Waals surface area (Å²) in [5.74, 6) is 0.882. The number of guanidine groups is 1. The van der Waals surface area contributed by atoms with E-state index in [1.165, 1.54) is 5.56 Å². The number of halogens is 1. The van der Waals surface area contributed by atoms with Crippen molar-refractivity contribution in [1.29, 1.82) is 0 Å². The molecule has 0 fully saturated rings. The summed E-state index contributed by atoms with van der Waals surface area (Å²) in [5, 5.41) is 6.58. The molecule has 102 valence electrons. The number of rotatable bonds is 5. The minimum Gasteiger partial charge on any atom is -0.357 e. The third-order valence-corrected chi connectivity index (χ3v) is 2.66. The highest BCUT2D eigenvalue weighted by molar-refractivity contribution is 14.0. The van der Waals surface area contributed by atoms with E-state index in [2.05, 4.69) is 59.8 Å². The van der Waals surface area contributed by atoms with Crippen molar-refractivity contribution in [2.45, 2.75) is 32.7 Å². The van der Waals surface area contributed by atoms with Crippen LogP contribution in [-0.4, -0.2) is 25.6 Å². The number of hydrogen-bond donors (Lipinski definition) is 2. The smallest absolute Gasteiger partial charge is 0.191 e. The van der Waals surface area contributed by atoms with E-state index < -0.39 is 0 Å². The van der Waals surface area contributed by atoms with Crippen LogP contribution in [0.4, 0.5) is 0 Å². The number of aliphatic imine (C=N–C) groups is 1. The van der Waals surface area contributed by atoms with Crippen LogP contribution in [-0.2, 0) is 6.42 Å². The Balaban J connectivity index is 0.00000289. The molecule has 0 saturated carbocycles. The van der Waals surface area contributed by atoms with Crippen LogP contribution in [0.5, 0.6) is 0 Å². The molecule has 3 nitrogen and oxygen atoms in total. The molecule has 0 aliphatic heterocycles. The van der Waals surface area contributed by atoms with Crippen molar-refractivity contribution in [3.8, 4) is 0 Å². The Bertz CT molecular complexity index is 338. The average Bonchev–Trinajstić information content (AvgIpc) is 2.37. The molecule has 0 aliphatic rings. The van der Waals surface area contributed by atoms with Crippen LogP contribution in [0.1, 0.15) is 25.8 Å². The van der Waals surface area contributed by atoms with Crippen LogP contribution in [0.25, 0.3) is 0 Å². The number of hydrogen-bond acceptors (Lipinski definition) is 1. The number of benzene rings is 1. The Hall–Kier alpha value is -0.780. The molecule has 0 saturated heterocycles. The fraction of sp³-hybridized carbons (Fsp3) is 0.500. The first kappa shape index (κ1) is 17.2. The van der Waals surface area contributed by atoms with Crippen LogP contribution >= 0.6 is 24.0 Å². The standard InChI is InChI=1S/C14H23N3.HI/c1-4-16-14(15-3)17-12(2)10-11-13-8-6-5-7-9-13;/h5-9,12H,4,10-11H2,1-3H3,(H2,15,16,17);1H. The first-order chi connectivity index (χ1) is 8.26. The topological polar surface area (TPSA) is 36.4 Å². The summed E-state index contributed by atoms with van der Waals surface area (Å²) in [6, 6.07) is 11.0. The summed E-state index contributed by atoms with van der Waals surface area (Å²) >= 11 is 0. The second-order valence-electron chi connectivity index (χ2n) is 4.17. The predicted molar refractivity (Wildman–Crippen MR) is 89.8 cm³/mol. The SMILES string of the molecule is CCNC(=NC)NC(C)CCc1ccccc1.I. The van der Waals surface area contributed by atoms with Gasteiger partial charge >= 0.3 is 0 Å². The third-order valence-electron chi connectivity index (χ3n) is 2.66. The van der Waals surface area contributed by atoms with Gasteiger partial charge in [-0.05, 0) is 32.3 Å². The number of nitrogens with one attached hydrogen (secondary N) is 2. The normalized spacial score (nSPS) is 12.5. The van der Waals surface area contributed by atoms with Crippen LogP contribution in [0, 0.1) is 0 Å². The van der Waals surface area contributed by atoms with E-state index in [0.29, 0.717) is 6.04 Å². The van der Waals surface area contributed by atoms with E-state index in [1.807, 2.05) is 0 Å². The van der Waals surface area contributed by atoms with Gasteiger partial charge in [-0.25, -0.2) is 0 Å². The lowest BCUT2D eigenvalue weighted by atomic mass is 10.1. The molecule has 0 amide bonds. The summed E-state index contributed by atoms with van der Waals surface area (Å²) in [6.45, 7) is 5.15. The Labute approximate surface area is 127 Å². The van der Waals surface area contributed by atoms with Gasteiger partial charge in [0.25, 0.3) is 0 Å². The Morgan fingerprint density at radius 1 is 1.28 bits per heavy atom. The van der Waals surface area contributed by atoms with Crippen LogP contribution < -0.4 is 10.6 Å². The molecule has 0 heterocycles. The predicted octanol–water partition coefficient (Wildman–Crippen LogP) is 2.81. The van der Waals surface area contributed by atoms with Gasteiger partial charge in [0.05, 0.1) is 0 Å². The molecule has 0 aliphatic carbocycles. The second-order valence-corrected chi connectivity index (χ2v) is 4.17. The maximum absolute atomic E-state index is 4.17. The van der Waals surface area contributed by atoms with Crippen LogP contribution in [0.15, 0.2) is 35.3 Å². The fourth-order valence-corrected chi connectivity index (χ4v) is 1.70. The maximum Gasteiger partial charge on any atom is 0.191 e. The van der Waals surface area contributed by atoms with Crippen molar-refractivity contribution in [3.63, 3.8) is 0 Å². The highest BCUT2D eigenvalue weighted by Gasteiger charge is 2.04. The molecular weight excluding hydrogens is 337 g/mol. The summed E-state index contributed by atoms with van der Waals surface area (Å²) < 4.78 is 0. The Morgan fingerprint density at radius 2 is 1.94 bits per heavy atom. The van der Waals surface area contributed by atoms with E-state index in [1.54, 1.807) is 7.05 Å². The van der Waals surface area contributed by atoms with Gasteiger partial charge in [0, 0.05) is 19.6 Å². The van der Waals surface area contributed by atoms with E-state index in [-0.39, 0.29) is 24.0 Å². The molecule has 0 radical (unpaired) electrons. The molecular formula is C14H24IN3. The Morgan fingerprint density at radius 3 is 2.50 bits per heavy atom. The molecule has 4 heteroatoms. The average molecular weight is 361 g/mol. The zero-order valence-corrected chi connectivity index (χ0v) is 13.8. The van der Waals surface area contributed by atoms with Crippen molar-refractivity contribution in [2.75, 3.05) is 13.6 Å². The first-order valence-electron chi connectivity index (χ1n) is 6.27. The van der Waals surface area contributed by atoms with Gasteiger partial charge in [0.1, 0.15) is 0 Å². The van der Waals surface area contributed by atoms with Crippen molar-refractivity contribution in [3.05, 3.63) is 35.9 Å². The summed E-state index contributed by atoms with van der Waals surface area (Å²) in [5.41, 5.74) is 1.39. The molecule has 0 bridgehead atoms. The molecule has 0 spiro atoms. The monoisotopic (exact) mass is 361 g/mol. The molecule has 1 aromatic rings. The lowest BCUT2D eigenvalue weighted by Gasteiger charge is -2.17. The van der Waals surface area contributed by atoms with Crippen molar-refractivity contribution >= 4 is 29.9 Å². The number of nitrogens with zero attached hydrogens (tertiary/aromatic N) is 1. The van der Waals surface area contributed by atoms with Gasteiger partial charge < -0.3 is 10.6 Å². The fourth-order valence-electron chi connectivity index (χ4n) is 1.70. The van der Waals surface area contributed by atoms with E-state index in [0.717, 1.165) is 25.3 Å². The second kappa shape index (κ2) is 10.2. The zero-order valence-electron chi connectivity index (χ0n) is 11.4. The third kappa shape index (κ3) is 6.83. The van der Waals surface area contributed by atoms with Gasteiger partial charge in [-0.3, -0.25) is 4.99 Å². The van der Waals surface area contributed by atoms with Crippen molar-refractivity contribution in [2.24, 2.45) is 4.99 Å². The summed E-state index contributed by atoms with van der Waals surface area (Å²) in [4.78, 5) is 4.17. The van der Waals surface area contributed by atoms with Gasteiger partial charge in [0.2, 0.25) is 0 Å². The molecule has 1 atom stereocenters. The van der Waals surface area contributed by atoms with E-state index in [4.69, 9.17) is 0 Å². The summed E-state index contributed by atoms with van der Waals surface area (Å²) in [7, 11) is 1.80. The first-order valence-corrected chi connectivity index (χ1v) is 6.27. The van der Waals surface area contributed by atoms with E-state index in [9.17, 15) is 0 Å². The molecule has 1 unspecified atom stereocenters. The number of aryl methyl sites for hydroxylation is 1. The molecule has 1 rings (SSSR count). The molecule has 1 aromatic carbocycles. The van der Waals surface area contributed by atoms with Crippen molar-refractivity contribution in [1.82, 2.24) is 10.6 Å². The lowest BCUT2D eigenvalue weighted by Crippen LogP contribution is -2.42. The quantitative estimate of drug-likeness (QED) is 0.481. The Kier molecular flexibility index (Phi) is 9.73. The van der Waals surface area contributed by atoms with Crippen LogP contribution in [0.2, 0.25) is 0 Å². The van der Waals surface area contributed by atoms with Crippen LogP contribution in [0.3, 0.4) is 0 Å². The minimum atomic E-state index is 0.